The van der Waals surface area contributed by atoms with Gasteiger partial charge in [0.2, 0.25) is 0 Å². The largest absolute Gasteiger partial charge is 0.493 e. The van der Waals surface area contributed by atoms with Crippen LogP contribution in [0.5, 0.6) is 5.75 Å². The van der Waals surface area contributed by atoms with E-state index in [-0.39, 0.29) is 6.61 Å². The highest BCUT2D eigenvalue weighted by atomic mass is 16.5. The lowest BCUT2D eigenvalue weighted by Gasteiger charge is -2.03. The predicted octanol–water partition coefficient (Wildman–Crippen LogP) is 0.165. The third-order valence-electron chi connectivity index (χ3n) is 1.34. The monoisotopic (exact) mass is 154 g/mol. The minimum Gasteiger partial charge on any atom is -0.493 e. The van der Waals surface area contributed by atoms with Crippen molar-refractivity contribution < 1.29 is 9.84 Å². The first-order chi connectivity index (χ1) is 5.27. The predicted molar refractivity (Wildman–Crippen MR) is 41.1 cm³/mol. The van der Waals surface area contributed by atoms with Crippen molar-refractivity contribution >= 4 is 5.69 Å². The van der Waals surface area contributed by atoms with Gasteiger partial charge in [0.1, 0.15) is 0 Å². The number of nitrogens with two attached hydrogens (primary N) is 1. The second kappa shape index (κ2) is 3.21. The molecule has 0 amide bonds. The van der Waals surface area contributed by atoms with Gasteiger partial charge in [-0.1, -0.05) is 0 Å². The molecular weight excluding hydrogens is 144 g/mol. The molecule has 0 radical (unpaired) electrons. The van der Waals surface area contributed by atoms with Crippen LogP contribution in [0.3, 0.4) is 0 Å². The summed E-state index contributed by atoms with van der Waals surface area (Å²) in [5.74, 6) is 0.530. The van der Waals surface area contributed by atoms with E-state index in [4.69, 9.17) is 15.6 Å². The highest BCUT2D eigenvalue weighted by Crippen LogP contribution is 2.19. The summed E-state index contributed by atoms with van der Waals surface area (Å²) in [5.41, 5.74) is 6.57. The summed E-state index contributed by atoms with van der Waals surface area (Å²) in [4.78, 5) is 3.87. The smallest absolute Gasteiger partial charge is 0.160 e. The average Bonchev–Trinajstić information content (AvgIpc) is 2.04. The number of aromatic nitrogens is 1. The first-order valence-electron chi connectivity index (χ1n) is 3.17. The van der Waals surface area contributed by atoms with Crippen LogP contribution in [0.25, 0.3) is 0 Å². The van der Waals surface area contributed by atoms with Crippen molar-refractivity contribution in [3.8, 4) is 5.75 Å². The molecule has 0 aliphatic rings. The molecule has 60 valence electrons. The van der Waals surface area contributed by atoms with Gasteiger partial charge in [0.15, 0.2) is 5.75 Å². The molecule has 0 unspecified atom stereocenters. The zero-order chi connectivity index (χ0) is 8.27. The van der Waals surface area contributed by atoms with E-state index in [9.17, 15) is 0 Å². The number of methoxy groups -OCH3 is 1. The summed E-state index contributed by atoms with van der Waals surface area (Å²) in [5, 5.41) is 8.67. The van der Waals surface area contributed by atoms with Crippen molar-refractivity contribution in [1.82, 2.24) is 4.98 Å². The molecular formula is C7H10N2O2. The number of nitrogens with zero attached hydrogens (tertiary/aromatic N) is 1. The Bertz CT molecular complexity index is 250. The van der Waals surface area contributed by atoms with Gasteiger partial charge in [-0.3, -0.25) is 4.98 Å². The fraction of sp³-hybridized carbons (Fsp3) is 0.286. The van der Waals surface area contributed by atoms with Crippen molar-refractivity contribution in [1.29, 1.82) is 0 Å². The van der Waals surface area contributed by atoms with Gasteiger partial charge in [0.05, 0.1) is 31.3 Å². The Balaban J connectivity index is 2.99. The fourth-order valence-corrected chi connectivity index (χ4v) is 0.761. The summed E-state index contributed by atoms with van der Waals surface area (Å²) in [6.07, 6.45) is 1.49. The standard InChI is InChI=1S/C7H10N2O2/c1-11-7-3-9-5(4-10)2-6(7)8/h2-3,10H,4H2,1H3,(H2,8,9). The molecule has 0 saturated heterocycles. The summed E-state index contributed by atoms with van der Waals surface area (Å²) in [6, 6.07) is 1.58. The Hall–Kier alpha value is -1.29. The molecule has 11 heavy (non-hydrogen) atoms. The minimum absolute atomic E-state index is 0.103. The third kappa shape index (κ3) is 1.59. The van der Waals surface area contributed by atoms with Crippen LogP contribution in [0, 0.1) is 0 Å². The second-order valence-electron chi connectivity index (χ2n) is 2.08. The van der Waals surface area contributed by atoms with Gasteiger partial charge in [-0.25, -0.2) is 0 Å². The van der Waals surface area contributed by atoms with Crippen LogP contribution in [0.15, 0.2) is 12.3 Å². The van der Waals surface area contributed by atoms with Crippen LogP contribution in [0.1, 0.15) is 5.69 Å². The van der Waals surface area contributed by atoms with E-state index in [1.807, 2.05) is 0 Å². The number of hydrogen-bond acceptors (Lipinski definition) is 4. The maximum atomic E-state index is 8.67. The molecule has 4 heteroatoms. The molecule has 0 atom stereocenters. The van der Waals surface area contributed by atoms with Crippen molar-refractivity contribution in [2.24, 2.45) is 0 Å². The van der Waals surface area contributed by atoms with E-state index in [2.05, 4.69) is 4.98 Å². The van der Waals surface area contributed by atoms with E-state index in [0.717, 1.165) is 0 Å². The number of hydrogen-bond donors (Lipinski definition) is 2. The Morgan fingerprint density at radius 2 is 2.45 bits per heavy atom. The lowest BCUT2D eigenvalue weighted by atomic mass is 10.3. The lowest BCUT2D eigenvalue weighted by molar-refractivity contribution is 0.276. The zero-order valence-corrected chi connectivity index (χ0v) is 6.24. The van der Waals surface area contributed by atoms with Crippen LogP contribution >= 0.6 is 0 Å². The van der Waals surface area contributed by atoms with Gasteiger partial charge in [0.25, 0.3) is 0 Å². The SMILES string of the molecule is COc1cnc(CO)cc1N. The Morgan fingerprint density at radius 3 is 2.91 bits per heavy atom. The third-order valence-corrected chi connectivity index (χ3v) is 1.34. The van der Waals surface area contributed by atoms with Crippen LogP contribution in [-0.4, -0.2) is 17.2 Å². The summed E-state index contributed by atoms with van der Waals surface area (Å²) in [6.45, 7) is -0.103. The number of ether oxygens (including phenoxy) is 1. The van der Waals surface area contributed by atoms with E-state index in [1.165, 1.54) is 13.3 Å². The highest BCUT2D eigenvalue weighted by molar-refractivity contribution is 5.51. The quantitative estimate of drug-likeness (QED) is 0.637. The Kier molecular flexibility index (Phi) is 2.28. The highest BCUT2D eigenvalue weighted by Gasteiger charge is 1.99. The summed E-state index contributed by atoms with van der Waals surface area (Å²) >= 11 is 0. The maximum Gasteiger partial charge on any atom is 0.160 e. The van der Waals surface area contributed by atoms with Crippen molar-refractivity contribution in [3.05, 3.63) is 18.0 Å². The van der Waals surface area contributed by atoms with E-state index >= 15 is 0 Å². The molecule has 1 rings (SSSR count). The lowest BCUT2D eigenvalue weighted by Crippen LogP contribution is -1.96. The van der Waals surface area contributed by atoms with E-state index in [0.29, 0.717) is 17.1 Å². The van der Waals surface area contributed by atoms with Gasteiger partial charge in [-0.15, -0.1) is 0 Å². The molecule has 3 N–H and O–H groups in total. The van der Waals surface area contributed by atoms with E-state index in [1.54, 1.807) is 6.07 Å². The van der Waals surface area contributed by atoms with E-state index < -0.39 is 0 Å². The minimum atomic E-state index is -0.103. The number of anilines is 1. The van der Waals surface area contributed by atoms with Gasteiger partial charge in [0, 0.05) is 0 Å². The van der Waals surface area contributed by atoms with Crippen LogP contribution in [0.2, 0.25) is 0 Å². The van der Waals surface area contributed by atoms with Crippen LogP contribution in [0.4, 0.5) is 5.69 Å². The molecule has 0 aromatic carbocycles. The molecule has 0 aliphatic carbocycles. The first kappa shape index (κ1) is 7.81. The first-order valence-corrected chi connectivity index (χ1v) is 3.17. The molecule has 0 bridgehead atoms. The van der Waals surface area contributed by atoms with Crippen LogP contribution in [-0.2, 0) is 6.61 Å². The summed E-state index contributed by atoms with van der Waals surface area (Å²) in [7, 11) is 1.52. The zero-order valence-electron chi connectivity index (χ0n) is 6.24. The number of aliphatic hydroxyl groups excluding tert-OH is 1. The number of rotatable bonds is 2. The van der Waals surface area contributed by atoms with Crippen molar-refractivity contribution in [3.63, 3.8) is 0 Å². The van der Waals surface area contributed by atoms with Gasteiger partial charge in [-0.2, -0.15) is 0 Å². The van der Waals surface area contributed by atoms with Gasteiger partial charge < -0.3 is 15.6 Å². The molecule has 4 nitrogen and oxygen atoms in total. The van der Waals surface area contributed by atoms with Gasteiger partial charge >= 0.3 is 0 Å². The molecule has 0 aliphatic heterocycles. The molecule has 1 aromatic rings. The molecule has 0 fully saturated rings. The van der Waals surface area contributed by atoms with Crippen molar-refractivity contribution in [2.75, 3.05) is 12.8 Å². The van der Waals surface area contributed by atoms with Crippen LogP contribution < -0.4 is 10.5 Å². The molecule has 0 saturated carbocycles. The Labute approximate surface area is 64.6 Å². The Morgan fingerprint density at radius 1 is 1.73 bits per heavy atom. The normalized spacial score (nSPS) is 9.64. The second-order valence-corrected chi connectivity index (χ2v) is 2.08. The number of aliphatic hydroxyl groups is 1. The topological polar surface area (TPSA) is 68.4 Å². The number of pyridine rings is 1. The van der Waals surface area contributed by atoms with Crippen molar-refractivity contribution in [2.45, 2.75) is 6.61 Å². The van der Waals surface area contributed by atoms with Gasteiger partial charge in [-0.05, 0) is 6.07 Å². The number of nitrogen functional groups attached to an aromatic ring is 1. The molecule has 0 spiro atoms. The summed E-state index contributed by atoms with van der Waals surface area (Å²) < 4.78 is 4.88. The molecule has 1 aromatic heterocycles. The maximum absolute atomic E-state index is 8.67. The fourth-order valence-electron chi connectivity index (χ4n) is 0.761. The molecule has 1 heterocycles. The average molecular weight is 154 g/mol.